The fourth-order valence-corrected chi connectivity index (χ4v) is 2.56. The van der Waals surface area contributed by atoms with Crippen molar-refractivity contribution in [1.82, 2.24) is 24.8 Å². The number of aromatic nitrogens is 4. The summed E-state index contributed by atoms with van der Waals surface area (Å²) in [6.45, 7) is 3.18. The van der Waals surface area contributed by atoms with Crippen molar-refractivity contribution in [2.75, 3.05) is 13.1 Å². The number of hydrogen-bond acceptors (Lipinski definition) is 5. The van der Waals surface area contributed by atoms with Crippen molar-refractivity contribution in [3.05, 3.63) is 29.7 Å². The van der Waals surface area contributed by atoms with Crippen LogP contribution in [0.25, 0.3) is 0 Å². The van der Waals surface area contributed by atoms with Crippen molar-refractivity contribution in [2.24, 2.45) is 7.05 Å². The summed E-state index contributed by atoms with van der Waals surface area (Å²) < 4.78 is 6.86. The largest absolute Gasteiger partial charge is 0.339 e. The minimum Gasteiger partial charge on any atom is -0.339 e. The summed E-state index contributed by atoms with van der Waals surface area (Å²) in [5.74, 6) is 1.41. The van der Waals surface area contributed by atoms with Crippen LogP contribution in [0.2, 0.25) is 0 Å². The predicted octanol–water partition coefficient (Wildman–Crippen LogP) is 1.13. The van der Waals surface area contributed by atoms with Gasteiger partial charge in [0, 0.05) is 26.3 Å². The van der Waals surface area contributed by atoms with Crippen LogP contribution in [0.5, 0.6) is 0 Å². The first-order valence-electron chi connectivity index (χ1n) is 6.71. The summed E-state index contributed by atoms with van der Waals surface area (Å²) in [5.41, 5.74) is 0.620. The zero-order valence-corrected chi connectivity index (χ0v) is 11.6. The Morgan fingerprint density at radius 3 is 3.00 bits per heavy atom. The number of piperidine rings is 1. The molecular weight excluding hydrogens is 258 g/mol. The number of carbonyl (C=O) groups is 1. The highest BCUT2D eigenvalue weighted by atomic mass is 16.5. The molecule has 3 heterocycles. The molecule has 106 valence electrons. The van der Waals surface area contributed by atoms with E-state index in [1.165, 1.54) is 0 Å². The second-order valence-electron chi connectivity index (χ2n) is 5.17. The third-order valence-electron chi connectivity index (χ3n) is 3.55. The Kier molecular flexibility index (Phi) is 3.25. The summed E-state index contributed by atoms with van der Waals surface area (Å²) >= 11 is 0. The van der Waals surface area contributed by atoms with Gasteiger partial charge < -0.3 is 9.42 Å². The van der Waals surface area contributed by atoms with Gasteiger partial charge in [-0.2, -0.15) is 10.1 Å². The average molecular weight is 275 g/mol. The van der Waals surface area contributed by atoms with Crippen LogP contribution < -0.4 is 0 Å². The molecule has 1 atom stereocenters. The third kappa shape index (κ3) is 2.43. The van der Waals surface area contributed by atoms with Crippen molar-refractivity contribution >= 4 is 5.91 Å². The SMILES string of the molecule is Cc1noc(C2CCCN(C(=O)c3cnn(C)c3)C2)n1. The molecule has 0 aromatic carbocycles. The Hall–Kier alpha value is -2.18. The van der Waals surface area contributed by atoms with E-state index in [0.717, 1.165) is 19.4 Å². The molecule has 0 radical (unpaired) electrons. The van der Waals surface area contributed by atoms with Gasteiger partial charge in [0.15, 0.2) is 5.82 Å². The Balaban J connectivity index is 1.73. The lowest BCUT2D eigenvalue weighted by Crippen LogP contribution is -2.39. The van der Waals surface area contributed by atoms with Gasteiger partial charge in [-0.1, -0.05) is 5.16 Å². The summed E-state index contributed by atoms with van der Waals surface area (Å²) in [6.07, 6.45) is 5.25. The van der Waals surface area contributed by atoms with Crippen LogP contribution in [-0.4, -0.2) is 43.8 Å². The van der Waals surface area contributed by atoms with E-state index in [1.54, 1.807) is 31.0 Å². The maximum absolute atomic E-state index is 12.4. The number of carbonyl (C=O) groups excluding carboxylic acids is 1. The minimum atomic E-state index is 0.0130. The monoisotopic (exact) mass is 275 g/mol. The predicted molar refractivity (Wildman–Crippen MR) is 70.1 cm³/mol. The van der Waals surface area contributed by atoms with E-state index in [2.05, 4.69) is 15.2 Å². The zero-order chi connectivity index (χ0) is 14.1. The fraction of sp³-hybridized carbons (Fsp3) is 0.538. The van der Waals surface area contributed by atoms with Crippen molar-refractivity contribution in [1.29, 1.82) is 0 Å². The van der Waals surface area contributed by atoms with Gasteiger partial charge in [0.2, 0.25) is 5.89 Å². The van der Waals surface area contributed by atoms with E-state index >= 15 is 0 Å². The van der Waals surface area contributed by atoms with E-state index in [1.807, 2.05) is 4.90 Å². The van der Waals surface area contributed by atoms with Gasteiger partial charge in [0.05, 0.1) is 17.7 Å². The van der Waals surface area contributed by atoms with Crippen molar-refractivity contribution in [3.8, 4) is 0 Å². The van der Waals surface area contributed by atoms with E-state index in [4.69, 9.17) is 4.52 Å². The molecule has 20 heavy (non-hydrogen) atoms. The minimum absolute atomic E-state index is 0.0130. The lowest BCUT2D eigenvalue weighted by Gasteiger charge is -2.30. The van der Waals surface area contributed by atoms with Gasteiger partial charge in [-0.3, -0.25) is 9.48 Å². The molecule has 1 unspecified atom stereocenters. The van der Waals surface area contributed by atoms with Crippen molar-refractivity contribution < 1.29 is 9.32 Å². The van der Waals surface area contributed by atoms with Gasteiger partial charge in [-0.25, -0.2) is 0 Å². The standard InChI is InChI=1S/C13H17N5O2/c1-9-15-12(20-16-9)10-4-3-5-18(8-10)13(19)11-6-14-17(2)7-11/h6-7,10H,3-5,8H2,1-2H3. The quantitative estimate of drug-likeness (QED) is 0.821. The molecule has 7 nitrogen and oxygen atoms in total. The molecule has 2 aromatic heterocycles. The number of rotatable bonds is 2. The van der Waals surface area contributed by atoms with Crippen molar-refractivity contribution in [3.63, 3.8) is 0 Å². The van der Waals surface area contributed by atoms with Crippen LogP contribution in [0.3, 0.4) is 0 Å². The second-order valence-corrected chi connectivity index (χ2v) is 5.17. The molecule has 0 N–H and O–H groups in total. The van der Waals surface area contributed by atoms with Crippen molar-refractivity contribution in [2.45, 2.75) is 25.7 Å². The molecular formula is C13H17N5O2. The summed E-state index contributed by atoms with van der Waals surface area (Å²) in [4.78, 5) is 18.5. The summed E-state index contributed by atoms with van der Waals surface area (Å²) in [6, 6.07) is 0. The van der Waals surface area contributed by atoms with Crippen LogP contribution in [0.4, 0.5) is 0 Å². The van der Waals surface area contributed by atoms with E-state index in [9.17, 15) is 4.79 Å². The highest BCUT2D eigenvalue weighted by molar-refractivity contribution is 5.93. The van der Waals surface area contributed by atoms with Gasteiger partial charge in [-0.15, -0.1) is 0 Å². The van der Waals surface area contributed by atoms with Crippen LogP contribution in [-0.2, 0) is 7.05 Å². The van der Waals surface area contributed by atoms with Crippen LogP contribution in [0.15, 0.2) is 16.9 Å². The number of amides is 1. The molecule has 7 heteroatoms. The third-order valence-corrected chi connectivity index (χ3v) is 3.55. The lowest BCUT2D eigenvalue weighted by molar-refractivity contribution is 0.0695. The Labute approximate surface area is 116 Å². The zero-order valence-electron chi connectivity index (χ0n) is 11.6. The van der Waals surface area contributed by atoms with E-state index in [0.29, 0.717) is 23.8 Å². The molecule has 1 amide bonds. The van der Waals surface area contributed by atoms with Crippen LogP contribution in [0.1, 0.15) is 40.8 Å². The number of nitrogens with zero attached hydrogens (tertiary/aromatic N) is 5. The maximum Gasteiger partial charge on any atom is 0.257 e. The summed E-state index contributed by atoms with van der Waals surface area (Å²) in [5, 5.41) is 7.86. The fourth-order valence-electron chi connectivity index (χ4n) is 2.56. The topological polar surface area (TPSA) is 77.0 Å². The van der Waals surface area contributed by atoms with Gasteiger partial charge in [-0.05, 0) is 19.8 Å². The molecule has 3 rings (SSSR count). The second kappa shape index (κ2) is 5.07. The highest BCUT2D eigenvalue weighted by Gasteiger charge is 2.29. The van der Waals surface area contributed by atoms with Crippen LogP contribution in [0, 0.1) is 6.92 Å². The molecule has 2 aromatic rings. The molecule has 0 bridgehead atoms. The molecule has 1 fully saturated rings. The molecule has 1 saturated heterocycles. The van der Waals surface area contributed by atoms with Crippen LogP contribution >= 0.6 is 0 Å². The van der Waals surface area contributed by atoms with E-state index in [-0.39, 0.29) is 11.8 Å². The highest BCUT2D eigenvalue weighted by Crippen LogP contribution is 2.26. The Morgan fingerprint density at radius 1 is 1.50 bits per heavy atom. The first kappa shape index (κ1) is 12.8. The molecule has 0 aliphatic carbocycles. The van der Waals surface area contributed by atoms with Gasteiger partial charge in [0.1, 0.15) is 0 Å². The first-order chi connectivity index (χ1) is 9.63. The normalized spacial score (nSPS) is 19.3. The number of likely N-dealkylation sites (tertiary alicyclic amines) is 1. The smallest absolute Gasteiger partial charge is 0.257 e. The van der Waals surface area contributed by atoms with Gasteiger partial charge in [0.25, 0.3) is 5.91 Å². The Bertz CT molecular complexity index is 618. The first-order valence-corrected chi connectivity index (χ1v) is 6.71. The summed E-state index contributed by atoms with van der Waals surface area (Å²) in [7, 11) is 1.80. The average Bonchev–Trinajstić information content (AvgIpc) is 3.07. The molecule has 0 saturated carbocycles. The lowest BCUT2D eigenvalue weighted by atomic mass is 9.97. The van der Waals surface area contributed by atoms with Gasteiger partial charge >= 0.3 is 0 Å². The molecule has 0 spiro atoms. The van der Waals surface area contributed by atoms with E-state index < -0.39 is 0 Å². The number of hydrogen-bond donors (Lipinski definition) is 0. The number of aryl methyl sites for hydroxylation is 2. The maximum atomic E-state index is 12.4. The molecule has 1 aliphatic rings. The molecule has 1 aliphatic heterocycles. The Morgan fingerprint density at radius 2 is 2.35 bits per heavy atom.